The van der Waals surface area contributed by atoms with Crippen molar-refractivity contribution in [1.29, 1.82) is 0 Å². The third kappa shape index (κ3) is 3.66. The van der Waals surface area contributed by atoms with E-state index in [2.05, 4.69) is 0 Å². The molecule has 2 rings (SSSR count). The number of piperidine rings is 1. The molecule has 0 bridgehead atoms. The van der Waals surface area contributed by atoms with Crippen molar-refractivity contribution < 1.29 is 19.4 Å². The van der Waals surface area contributed by atoms with Crippen molar-refractivity contribution in [2.24, 2.45) is 11.8 Å². The first-order valence-corrected chi connectivity index (χ1v) is 7.92. The maximum absolute atomic E-state index is 13.0. The zero-order valence-electron chi connectivity index (χ0n) is 14.2. The molecule has 0 radical (unpaired) electrons. The standard InChI is InChI=1S/C18H25NO4/c1-12-9-13(16(20)21)11-19(10-12)17(22)18(2,3)14-5-7-15(23-4)8-6-14/h5-8,12-13H,9-11H2,1-4H3,(H,20,21). The van der Waals surface area contributed by atoms with Crippen LogP contribution in [0.5, 0.6) is 5.75 Å². The molecule has 2 unspecified atom stereocenters. The van der Waals surface area contributed by atoms with Crippen molar-refractivity contribution >= 4 is 11.9 Å². The molecular weight excluding hydrogens is 294 g/mol. The molecule has 0 saturated carbocycles. The van der Waals surface area contributed by atoms with Gasteiger partial charge in [0, 0.05) is 13.1 Å². The zero-order valence-corrected chi connectivity index (χ0v) is 14.2. The average Bonchev–Trinajstić information content (AvgIpc) is 2.53. The number of aliphatic carboxylic acids is 1. The number of carbonyl (C=O) groups excluding carboxylic acids is 1. The van der Waals surface area contributed by atoms with Gasteiger partial charge in [0.2, 0.25) is 5.91 Å². The number of carbonyl (C=O) groups is 2. The average molecular weight is 319 g/mol. The molecule has 1 saturated heterocycles. The van der Waals surface area contributed by atoms with Crippen LogP contribution in [0, 0.1) is 11.8 Å². The number of hydrogen-bond donors (Lipinski definition) is 1. The monoisotopic (exact) mass is 319 g/mol. The number of ether oxygens (including phenoxy) is 1. The Morgan fingerprint density at radius 2 is 1.83 bits per heavy atom. The highest BCUT2D eigenvalue weighted by molar-refractivity contribution is 5.88. The molecule has 5 nitrogen and oxygen atoms in total. The number of likely N-dealkylation sites (tertiary alicyclic amines) is 1. The lowest BCUT2D eigenvalue weighted by Crippen LogP contribution is -2.51. The number of hydrogen-bond acceptors (Lipinski definition) is 3. The van der Waals surface area contributed by atoms with Gasteiger partial charge in [0.1, 0.15) is 5.75 Å². The zero-order chi connectivity index (χ0) is 17.2. The van der Waals surface area contributed by atoms with Crippen molar-refractivity contribution in [3.8, 4) is 5.75 Å². The second kappa shape index (κ2) is 6.60. The number of nitrogens with zero attached hydrogens (tertiary/aromatic N) is 1. The van der Waals surface area contributed by atoms with Crippen LogP contribution in [0.4, 0.5) is 0 Å². The molecule has 1 amide bonds. The highest BCUT2D eigenvalue weighted by atomic mass is 16.5. The van der Waals surface area contributed by atoms with Crippen molar-refractivity contribution in [2.45, 2.75) is 32.6 Å². The van der Waals surface area contributed by atoms with E-state index in [-0.39, 0.29) is 18.4 Å². The van der Waals surface area contributed by atoms with E-state index in [1.165, 1.54) is 0 Å². The molecule has 0 aliphatic carbocycles. The summed E-state index contributed by atoms with van der Waals surface area (Å²) >= 11 is 0. The Balaban J connectivity index is 2.20. The summed E-state index contributed by atoms with van der Waals surface area (Å²) in [5, 5.41) is 9.28. The molecule has 1 fully saturated rings. The second-order valence-corrected chi connectivity index (χ2v) is 6.94. The Bertz CT molecular complexity index is 579. The lowest BCUT2D eigenvalue weighted by Gasteiger charge is -2.39. The van der Waals surface area contributed by atoms with Crippen molar-refractivity contribution in [1.82, 2.24) is 4.90 Å². The Kier molecular flexibility index (Phi) is 4.97. The SMILES string of the molecule is COc1ccc(C(C)(C)C(=O)N2CC(C)CC(C(=O)O)C2)cc1. The molecule has 0 aromatic heterocycles. The smallest absolute Gasteiger partial charge is 0.308 e. The van der Waals surface area contributed by atoms with E-state index in [4.69, 9.17) is 4.74 Å². The molecule has 1 aromatic carbocycles. The van der Waals surface area contributed by atoms with E-state index in [1.54, 1.807) is 12.0 Å². The minimum atomic E-state index is -0.823. The third-order valence-corrected chi connectivity index (χ3v) is 4.64. The van der Waals surface area contributed by atoms with Crippen LogP contribution in [0.3, 0.4) is 0 Å². The first kappa shape index (κ1) is 17.3. The summed E-state index contributed by atoms with van der Waals surface area (Å²) in [6, 6.07) is 7.45. The number of rotatable bonds is 4. The van der Waals surface area contributed by atoms with E-state index >= 15 is 0 Å². The van der Waals surface area contributed by atoms with Crippen molar-refractivity contribution in [2.75, 3.05) is 20.2 Å². The largest absolute Gasteiger partial charge is 0.497 e. The summed E-state index contributed by atoms with van der Waals surface area (Å²) in [6.45, 7) is 6.66. The minimum Gasteiger partial charge on any atom is -0.497 e. The van der Waals surface area contributed by atoms with Gasteiger partial charge in [-0.25, -0.2) is 0 Å². The van der Waals surface area contributed by atoms with Gasteiger partial charge in [0.25, 0.3) is 0 Å². The predicted octanol–water partition coefficient (Wildman–Crippen LogP) is 2.54. The normalized spacial score (nSPS) is 21.8. The van der Waals surface area contributed by atoms with Gasteiger partial charge in [-0.2, -0.15) is 0 Å². The first-order chi connectivity index (χ1) is 10.8. The highest BCUT2D eigenvalue weighted by Crippen LogP contribution is 2.30. The molecule has 1 aliphatic heterocycles. The van der Waals surface area contributed by atoms with Crippen LogP contribution in [-0.4, -0.2) is 42.1 Å². The van der Waals surface area contributed by atoms with E-state index in [0.717, 1.165) is 11.3 Å². The van der Waals surface area contributed by atoms with Gasteiger partial charge < -0.3 is 14.7 Å². The van der Waals surface area contributed by atoms with Gasteiger partial charge in [-0.3, -0.25) is 9.59 Å². The number of benzene rings is 1. The Labute approximate surface area is 137 Å². The molecule has 1 aromatic rings. The highest BCUT2D eigenvalue weighted by Gasteiger charge is 2.38. The molecule has 2 atom stereocenters. The van der Waals surface area contributed by atoms with Gasteiger partial charge in [0.15, 0.2) is 0 Å². The van der Waals surface area contributed by atoms with Crippen LogP contribution < -0.4 is 4.74 Å². The Morgan fingerprint density at radius 3 is 2.35 bits per heavy atom. The van der Waals surface area contributed by atoms with E-state index in [1.807, 2.05) is 45.0 Å². The van der Waals surface area contributed by atoms with Crippen molar-refractivity contribution in [3.05, 3.63) is 29.8 Å². The maximum Gasteiger partial charge on any atom is 0.308 e. The molecule has 23 heavy (non-hydrogen) atoms. The van der Waals surface area contributed by atoms with Crippen LogP contribution in [0.1, 0.15) is 32.8 Å². The number of carboxylic acids is 1. The molecular formula is C18H25NO4. The lowest BCUT2D eigenvalue weighted by atomic mass is 9.81. The fraction of sp³-hybridized carbons (Fsp3) is 0.556. The topological polar surface area (TPSA) is 66.8 Å². The van der Waals surface area contributed by atoms with Crippen LogP contribution in [0.25, 0.3) is 0 Å². The van der Waals surface area contributed by atoms with E-state index in [9.17, 15) is 14.7 Å². The molecule has 5 heteroatoms. The fourth-order valence-corrected chi connectivity index (χ4v) is 3.22. The van der Waals surface area contributed by atoms with Crippen LogP contribution >= 0.6 is 0 Å². The summed E-state index contributed by atoms with van der Waals surface area (Å²) < 4.78 is 5.15. The first-order valence-electron chi connectivity index (χ1n) is 7.92. The summed E-state index contributed by atoms with van der Waals surface area (Å²) in [5.74, 6) is -0.388. The Morgan fingerprint density at radius 1 is 1.22 bits per heavy atom. The second-order valence-electron chi connectivity index (χ2n) is 6.94. The molecule has 0 spiro atoms. The van der Waals surface area contributed by atoms with Gasteiger partial charge in [-0.1, -0.05) is 19.1 Å². The van der Waals surface area contributed by atoms with E-state index < -0.39 is 17.3 Å². The molecule has 1 N–H and O–H groups in total. The summed E-state index contributed by atoms with van der Waals surface area (Å²) in [5.41, 5.74) is 0.195. The molecule has 126 valence electrons. The summed E-state index contributed by atoms with van der Waals surface area (Å²) in [6.07, 6.45) is 0.627. The van der Waals surface area contributed by atoms with Crippen LogP contribution in [0.2, 0.25) is 0 Å². The minimum absolute atomic E-state index is 0.0273. The Hall–Kier alpha value is -2.04. The van der Waals surface area contributed by atoms with Gasteiger partial charge in [-0.15, -0.1) is 0 Å². The number of carboxylic acid groups (broad SMARTS) is 1. The summed E-state index contributed by atoms with van der Waals surface area (Å²) in [7, 11) is 1.60. The van der Waals surface area contributed by atoms with Gasteiger partial charge >= 0.3 is 5.97 Å². The number of methoxy groups -OCH3 is 1. The third-order valence-electron chi connectivity index (χ3n) is 4.64. The van der Waals surface area contributed by atoms with Gasteiger partial charge in [0.05, 0.1) is 18.4 Å². The van der Waals surface area contributed by atoms with Crippen molar-refractivity contribution in [3.63, 3.8) is 0 Å². The predicted molar refractivity (Wildman–Crippen MR) is 87.5 cm³/mol. The fourth-order valence-electron chi connectivity index (χ4n) is 3.22. The quantitative estimate of drug-likeness (QED) is 0.926. The summed E-state index contributed by atoms with van der Waals surface area (Å²) in [4.78, 5) is 26.0. The van der Waals surface area contributed by atoms with Crippen LogP contribution in [0.15, 0.2) is 24.3 Å². The maximum atomic E-state index is 13.0. The van der Waals surface area contributed by atoms with Gasteiger partial charge in [-0.05, 0) is 43.9 Å². The lowest BCUT2D eigenvalue weighted by molar-refractivity contribution is -0.148. The van der Waals surface area contributed by atoms with E-state index in [0.29, 0.717) is 13.0 Å². The number of amides is 1. The van der Waals surface area contributed by atoms with Crippen LogP contribution in [-0.2, 0) is 15.0 Å². The molecule has 1 aliphatic rings. The molecule has 1 heterocycles.